The third-order valence-electron chi connectivity index (χ3n) is 2.44. The summed E-state index contributed by atoms with van der Waals surface area (Å²) in [6.07, 6.45) is 2.32. The molecule has 1 unspecified atom stereocenters. The largest absolute Gasteiger partial charge is 0.261 e. The van der Waals surface area contributed by atoms with Crippen LogP contribution in [0.4, 0.5) is 0 Å². The molecule has 1 fully saturated rings. The van der Waals surface area contributed by atoms with E-state index in [1.54, 1.807) is 12.1 Å². The van der Waals surface area contributed by atoms with Gasteiger partial charge >= 0.3 is 0 Å². The van der Waals surface area contributed by atoms with Crippen LogP contribution in [0.3, 0.4) is 0 Å². The molecule has 0 saturated carbocycles. The fourth-order valence-electron chi connectivity index (χ4n) is 1.71. The minimum absolute atomic E-state index is 0.203. The number of halogens is 1. The predicted octanol–water partition coefficient (Wildman–Crippen LogP) is 3.18. The molecule has 0 amide bonds. The molecule has 2 rings (SSSR count). The van der Waals surface area contributed by atoms with E-state index < -0.39 is 9.05 Å². The molecule has 1 aromatic rings. The molecule has 5 heteroatoms. The quantitative estimate of drug-likeness (QED) is 0.768. The highest BCUT2D eigenvalue weighted by molar-refractivity contribution is 8.13. The van der Waals surface area contributed by atoms with E-state index in [0.717, 1.165) is 17.7 Å². The second-order valence-electron chi connectivity index (χ2n) is 3.51. The maximum Gasteiger partial charge on any atom is 0.261 e. The number of rotatable bonds is 2. The van der Waals surface area contributed by atoms with Crippen molar-refractivity contribution in [3.8, 4) is 0 Å². The van der Waals surface area contributed by atoms with Gasteiger partial charge in [0, 0.05) is 15.9 Å². The zero-order chi connectivity index (χ0) is 10.9. The highest BCUT2D eigenvalue weighted by Gasteiger charge is 2.19. The Morgan fingerprint density at radius 2 is 2.20 bits per heavy atom. The summed E-state index contributed by atoms with van der Waals surface area (Å²) in [7, 11) is 1.71. The minimum Gasteiger partial charge on any atom is -0.207 e. The average Bonchev–Trinajstić information content (AvgIpc) is 2.69. The molecule has 1 atom stereocenters. The van der Waals surface area contributed by atoms with Crippen LogP contribution in [0.5, 0.6) is 0 Å². The van der Waals surface area contributed by atoms with Crippen LogP contribution in [0.15, 0.2) is 29.2 Å². The second-order valence-corrected chi connectivity index (χ2v) is 7.39. The SMILES string of the molecule is O=S(=O)(Cl)c1cccc(C2CCCS2)c1. The lowest BCUT2D eigenvalue weighted by atomic mass is 10.1. The fourth-order valence-corrected chi connectivity index (χ4v) is 3.80. The van der Waals surface area contributed by atoms with E-state index in [-0.39, 0.29) is 4.90 Å². The van der Waals surface area contributed by atoms with Crippen molar-refractivity contribution >= 4 is 31.5 Å². The van der Waals surface area contributed by atoms with Crippen LogP contribution in [0.25, 0.3) is 0 Å². The molecule has 82 valence electrons. The summed E-state index contributed by atoms with van der Waals surface area (Å²) in [5.41, 5.74) is 1.07. The maximum absolute atomic E-state index is 11.2. The van der Waals surface area contributed by atoms with Crippen LogP contribution in [0, 0.1) is 0 Å². The van der Waals surface area contributed by atoms with E-state index in [0.29, 0.717) is 5.25 Å². The van der Waals surface area contributed by atoms with Crippen molar-refractivity contribution in [2.24, 2.45) is 0 Å². The molecule has 1 heterocycles. The van der Waals surface area contributed by atoms with Gasteiger partial charge in [0.05, 0.1) is 4.90 Å². The normalized spacial score (nSPS) is 21.8. The van der Waals surface area contributed by atoms with Gasteiger partial charge in [0.15, 0.2) is 0 Å². The molecule has 2 nitrogen and oxygen atoms in total. The summed E-state index contributed by atoms with van der Waals surface area (Å²) in [6, 6.07) is 6.94. The number of benzene rings is 1. The van der Waals surface area contributed by atoms with E-state index in [1.165, 1.54) is 12.5 Å². The Morgan fingerprint density at radius 1 is 1.40 bits per heavy atom. The van der Waals surface area contributed by atoms with E-state index in [2.05, 4.69) is 0 Å². The van der Waals surface area contributed by atoms with Crippen molar-refractivity contribution in [3.05, 3.63) is 29.8 Å². The highest BCUT2D eigenvalue weighted by atomic mass is 35.7. The number of hydrogen-bond acceptors (Lipinski definition) is 3. The summed E-state index contributed by atoms with van der Waals surface area (Å²) in [6.45, 7) is 0. The van der Waals surface area contributed by atoms with Crippen LogP contribution in [0.2, 0.25) is 0 Å². The Hall–Kier alpha value is -0.190. The van der Waals surface area contributed by atoms with Crippen molar-refractivity contribution in [1.82, 2.24) is 0 Å². The van der Waals surface area contributed by atoms with Crippen LogP contribution >= 0.6 is 22.4 Å². The summed E-state index contributed by atoms with van der Waals surface area (Å²) >= 11 is 1.88. The van der Waals surface area contributed by atoms with Gasteiger partial charge in [-0.15, -0.1) is 0 Å². The topological polar surface area (TPSA) is 34.1 Å². The zero-order valence-corrected chi connectivity index (χ0v) is 10.4. The Kier molecular flexibility index (Phi) is 3.28. The van der Waals surface area contributed by atoms with Crippen molar-refractivity contribution < 1.29 is 8.42 Å². The molecule has 0 spiro atoms. The molecule has 1 saturated heterocycles. The Bertz CT molecular complexity index is 450. The summed E-state index contributed by atoms with van der Waals surface area (Å²) in [5, 5.41) is 0.434. The molecule has 0 aliphatic carbocycles. The van der Waals surface area contributed by atoms with Gasteiger partial charge in [-0.3, -0.25) is 0 Å². The first-order chi connectivity index (χ1) is 7.07. The summed E-state index contributed by atoms with van der Waals surface area (Å²) in [4.78, 5) is 0.203. The van der Waals surface area contributed by atoms with Crippen molar-refractivity contribution in [3.63, 3.8) is 0 Å². The monoisotopic (exact) mass is 262 g/mol. The van der Waals surface area contributed by atoms with Crippen molar-refractivity contribution in [2.75, 3.05) is 5.75 Å². The molecule has 0 N–H and O–H groups in total. The van der Waals surface area contributed by atoms with E-state index in [1.807, 2.05) is 17.8 Å². The van der Waals surface area contributed by atoms with Gasteiger partial charge < -0.3 is 0 Å². The van der Waals surface area contributed by atoms with Crippen molar-refractivity contribution in [1.29, 1.82) is 0 Å². The van der Waals surface area contributed by atoms with Gasteiger partial charge in [-0.2, -0.15) is 11.8 Å². The standard InChI is InChI=1S/C10H11ClO2S2/c11-15(12,13)9-4-1-3-8(7-9)10-5-2-6-14-10/h1,3-4,7,10H,2,5-6H2. The van der Waals surface area contributed by atoms with Gasteiger partial charge in [0.25, 0.3) is 9.05 Å². The van der Waals surface area contributed by atoms with Crippen LogP contribution < -0.4 is 0 Å². The zero-order valence-electron chi connectivity index (χ0n) is 8.02. The first kappa shape index (κ1) is 11.3. The van der Waals surface area contributed by atoms with E-state index in [9.17, 15) is 8.42 Å². The van der Waals surface area contributed by atoms with Crippen molar-refractivity contribution in [2.45, 2.75) is 23.0 Å². The number of thioether (sulfide) groups is 1. The first-order valence-corrected chi connectivity index (χ1v) is 8.09. The number of hydrogen-bond donors (Lipinski definition) is 0. The molecule has 15 heavy (non-hydrogen) atoms. The summed E-state index contributed by atoms with van der Waals surface area (Å²) < 4.78 is 22.3. The molecule has 1 aromatic carbocycles. The average molecular weight is 263 g/mol. The van der Waals surface area contributed by atoms with Crippen LogP contribution in [0.1, 0.15) is 23.7 Å². The van der Waals surface area contributed by atoms with Crippen LogP contribution in [-0.4, -0.2) is 14.2 Å². The van der Waals surface area contributed by atoms with E-state index in [4.69, 9.17) is 10.7 Å². The highest BCUT2D eigenvalue weighted by Crippen LogP contribution is 2.40. The molecule has 1 aliphatic heterocycles. The third kappa shape index (κ3) is 2.68. The minimum atomic E-state index is -3.59. The molecule has 1 aliphatic rings. The molecular weight excluding hydrogens is 252 g/mol. The van der Waals surface area contributed by atoms with Gasteiger partial charge in [-0.05, 0) is 36.3 Å². The third-order valence-corrected chi connectivity index (χ3v) is 5.23. The molecular formula is C10H11ClO2S2. The van der Waals surface area contributed by atoms with Crippen LogP contribution in [-0.2, 0) is 9.05 Å². The van der Waals surface area contributed by atoms with Gasteiger partial charge in [-0.1, -0.05) is 12.1 Å². The second kappa shape index (κ2) is 4.36. The molecule has 0 bridgehead atoms. The molecule has 0 radical (unpaired) electrons. The maximum atomic E-state index is 11.2. The Morgan fingerprint density at radius 3 is 2.80 bits per heavy atom. The lowest BCUT2D eigenvalue weighted by Crippen LogP contribution is -1.94. The predicted molar refractivity (Wildman–Crippen MR) is 63.9 cm³/mol. The fraction of sp³-hybridized carbons (Fsp3) is 0.400. The Labute approximate surface area is 98.4 Å². The smallest absolute Gasteiger partial charge is 0.207 e. The first-order valence-electron chi connectivity index (χ1n) is 4.73. The van der Waals surface area contributed by atoms with Gasteiger partial charge in [0.1, 0.15) is 0 Å². The Balaban J connectivity index is 2.34. The lowest BCUT2D eigenvalue weighted by molar-refractivity contribution is 0.609. The molecule has 0 aromatic heterocycles. The van der Waals surface area contributed by atoms with E-state index >= 15 is 0 Å². The van der Waals surface area contributed by atoms with Gasteiger partial charge in [0.2, 0.25) is 0 Å². The lowest BCUT2D eigenvalue weighted by Gasteiger charge is -2.09. The van der Waals surface area contributed by atoms with Gasteiger partial charge in [-0.25, -0.2) is 8.42 Å². The summed E-state index contributed by atoms with van der Waals surface area (Å²) in [5.74, 6) is 1.16.